The van der Waals surface area contributed by atoms with Gasteiger partial charge in [-0.2, -0.15) is 0 Å². The molecular weight excluding hydrogens is 226 g/mol. The predicted octanol–water partition coefficient (Wildman–Crippen LogP) is 3.66. The Labute approximate surface area is 80.3 Å². The van der Waals surface area contributed by atoms with Crippen molar-refractivity contribution in [3.05, 3.63) is 29.6 Å². The monoisotopic (exact) mass is 230 g/mol. The van der Waals surface area contributed by atoms with Crippen LogP contribution in [0.3, 0.4) is 0 Å². The minimum atomic E-state index is -5.20. The Kier molecular flexibility index (Phi) is 3.11. The van der Waals surface area contributed by atoms with Crippen molar-refractivity contribution in [3.8, 4) is 5.75 Å². The summed E-state index contributed by atoms with van der Waals surface area (Å²) in [6.07, 6.45) is -8.44. The molecule has 0 spiro atoms. The van der Waals surface area contributed by atoms with Crippen LogP contribution in [0.15, 0.2) is 18.2 Å². The normalized spacial score (nSPS) is 11.9. The molecule has 15 heavy (non-hydrogen) atoms. The minimum Gasteiger partial charge on any atom is -0.402 e. The molecule has 0 unspecified atom stereocenters. The molecule has 1 rings (SSSR count). The Morgan fingerprint density at radius 3 is 2.20 bits per heavy atom. The van der Waals surface area contributed by atoms with Crippen LogP contribution < -0.4 is 4.74 Å². The Morgan fingerprint density at radius 2 is 1.73 bits per heavy atom. The van der Waals surface area contributed by atoms with Crippen LogP contribution in [-0.4, -0.2) is 6.36 Å². The van der Waals surface area contributed by atoms with E-state index in [1.54, 1.807) is 0 Å². The maximum absolute atomic E-state index is 12.8. The first-order valence-corrected chi connectivity index (χ1v) is 3.63. The summed E-state index contributed by atoms with van der Waals surface area (Å²) in [6, 6.07) is 2.14. The summed E-state index contributed by atoms with van der Waals surface area (Å²) in [5, 5.41) is 0. The average molecular weight is 230 g/mol. The van der Waals surface area contributed by atoms with Gasteiger partial charge in [0.2, 0.25) is 0 Å². The van der Waals surface area contributed by atoms with Gasteiger partial charge in [0.05, 0.1) is 5.56 Å². The van der Waals surface area contributed by atoms with Crippen molar-refractivity contribution in [3.63, 3.8) is 0 Å². The van der Waals surface area contributed by atoms with E-state index < -0.39 is 29.9 Å². The Balaban J connectivity index is 3.14. The lowest BCUT2D eigenvalue weighted by Crippen LogP contribution is -2.19. The molecule has 0 aliphatic heterocycles. The van der Waals surface area contributed by atoms with Gasteiger partial charge in [-0.15, -0.1) is 13.2 Å². The van der Waals surface area contributed by atoms with E-state index in [4.69, 9.17) is 0 Å². The zero-order valence-corrected chi connectivity index (χ0v) is 6.99. The van der Waals surface area contributed by atoms with E-state index in [1.165, 1.54) is 0 Å². The molecule has 0 saturated carbocycles. The molecular formula is C8H4F6O. The molecule has 0 bridgehead atoms. The first-order valence-electron chi connectivity index (χ1n) is 3.63. The number of hydrogen-bond donors (Lipinski definition) is 0. The molecule has 0 aromatic heterocycles. The Bertz CT molecular complexity index is 345. The average Bonchev–Trinajstić information content (AvgIpc) is 2.05. The summed E-state index contributed by atoms with van der Waals surface area (Å²) in [6.45, 7) is 0. The maximum atomic E-state index is 12.8. The van der Waals surface area contributed by atoms with Gasteiger partial charge in [-0.25, -0.2) is 13.2 Å². The molecule has 0 radical (unpaired) electrons. The predicted molar refractivity (Wildman–Crippen MR) is 38.0 cm³/mol. The third kappa shape index (κ3) is 3.03. The Hall–Kier alpha value is -1.40. The van der Waals surface area contributed by atoms with Crippen molar-refractivity contribution in [1.82, 2.24) is 0 Å². The molecule has 0 amide bonds. The number of ether oxygens (including phenoxy) is 1. The zero-order chi connectivity index (χ0) is 11.6. The van der Waals surface area contributed by atoms with Gasteiger partial charge in [0.25, 0.3) is 6.43 Å². The number of hydrogen-bond acceptors (Lipinski definition) is 1. The van der Waals surface area contributed by atoms with Gasteiger partial charge in [0, 0.05) is 0 Å². The van der Waals surface area contributed by atoms with Crippen molar-refractivity contribution in [2.24, 2.45) is 0 Å². The topological polar surface area (TPSA) is 9.23 Å². The van der Waals surface area contributed by atoms with Crippen LogP contribution in [-0.2, 0) is 0 Å². The lowest BCUT2D eigenvalue weighted by molar-refractivity contribution is -0.276. The second-order valence-corrected chi connectivity index (χ2v) is 2.51. The second kappa shape index (κ2) is 4.00. The molecule has 0 aliphatic rings. The highest BCUT2D eigenvalue weighted by molar-refractivity contribution is 5.35. The smallest absolute Gasteiger partial charge is 0.402 e. The van der Waals surface area contributed by atoms with Crippen molar-refractivity contribution in [2.45, 2.75) is 12.8 Å². The fraction of sp³-hybridized carbons (Fsp3) is 0.250. The van der Waals surface area contributed by atoms with E-state index in [2.05, 4.69) is 4.74 Å². The summed E-state index contributed by atoms with van der Waals surface area (Å²) in [5.74, 6) is -2.97. The fourth-order valence-corrected chi connectivity index (χ4v) is 0.921. The highest BCUT2D eigenvalue weighted by atomic mass is 19.4. The summed E-state index contributed by atoms with van der Waals surface area (Å²) in [4.78, 5) is 0. The first-order chi connectivity index (χ1) is 6.81. The van der Waals surface area contributed by atoms with E-state index in [-0.39, 0.29) is 0 Å². The van der Waals surface area contributed by atoms with Crippen LogP contribution in [0.5, 0.6) is 5.75 Å². The molecule has 1 aromatic rings. The third-order valence-corrected chi connectivity index (χ3v) is 1.45. The van der Waals surface area contributed by atoms with Crippen LogP contribution in [0.25, 0.3) is 0 Å². The van der Waals surface area contributed by atoms with Crippen LogP contribution in [0.4, 0.5) is 26.3 Å². The highest BCUT2D eigenvalue weighted by Crippen LogP contribution is 2.34. The largest absolute Gasteiger partial charge is 0.573 e. The maximum Gasteiger partial charge on any atom is 0.573 e. The van der Waals surface area contributed by atoms with Gasteiger partial charge in [-0.3, -0.25) is 0 Å². The summed E-state index contributed by atoms with van der Waals surface area (Å²) < 4.78 is 75.5. The van der Waals surface area contributed by atoms with Crippen LogP contribution in [0.1, 0.15) is 12.0 Å². The molecule has 0 heterocycles. The number of rotatable bonds is 2. The molecule has 0 atom stereocenters. The minimum absolute atomic E-state index is 0.604. The van der Waals surface area contributed by atoms with Crippen molar-refractivity contribution >= 4 is 0 Å². The number of para-hydroxylation sites is 1. The standard InChI is InChI=1S/C8H4F6O/c9-5-3-1-2-4(7(10)11)6(5)15-8(12,13)14/h1-3,7H. The van der Waals surface area contributed by atoms with Gasteiger partial charge < -0.3 is 4.74 Å². The molecule has 84 valence electrons. The first kappa shape index (κ1) is 11.7. The number of alkyl halides is 5. The number of halogens is 6. The van der Waals surface area contributed by atoms with Crippen molar-refractivity contribution < 1.29 is 31.1 Å². The molecule has 0 aliphatic carbocycles. The van der Waals surface area contributed by atoms with E-state index in [9.17, 15) is 26.3 Å². The number of benzene rings is 1. The fourth-order valence-electron chi connectivity index (χ4n) is 0.921. The second-order valence-electron chi connectivity index (χ2n) is 2.51. The van der Waals surface area contributed by atoms with Crippen LogP contribution >= 0.6 is 0 Å². The molecule has 0 N–H and O–H groups in total. The van der Waals surface area contributed by atoms with Crippen LogP contribution in [0.2, 0.25) is 0 Å². The van der Waals surface area contributed by atoms with Gasteiger partial charge in [0.1, 0.15) is 0 Å². The lowest BCUT2D eigenvalue weighted by Gasteiger charge is -2.13. The highest BCUT2D eigenvalue weighted by Gasteiger charge is 2.34. The molecule has 0 fully saturated rings. The van der Waals surface area contributed by atoms with E-state index in [0.29, 0.717) is 12.1 Å². The summed E-state index contributed by atoms with van der Waals surface area (Å²) in [7, 11) is 0. The van der Waals surface area contributed by atoms with E-state index >= 15 is 0 Å². The van der Waals surface area contributed by atoms with Gasteiger partial charge in [-0.1, -0.05) is 6.07 Å². The van der Waals surface area contributed by atoms with Crippen molar-refractivity contribution in [1.29, 1.82) is 0 Å². The van der Waals surface area contributed by atoms with Gasteiger partial charge in [-0.05, 0) is 12.1 Å². The van der Waals surface area contributed by atoms with E-state index in [0.717, 1.165) is 6.07 Å². The zero-order valence-electron chi connectivity index (χ0n) is 6.99. The lowest BCUT2D eigenvalue weighted by atomic mass is 10.2. The van der Waals surface area contributed by atoms with Crippen molar-refractivity contribution in [2.75, 3.05) is 0 Å². The molecule has 1 nitrogen and oxygen atoms in total. The van der Waals surface area contributed by atoms with Crippen LogP contribution in [0, 0.1) is 5.82 Å². The molecule has 7 heteroatoms. The molecule has 1 aromatic carbocycles. The van der Waals surface area contributed by atoms with Gasteiger partial charge in [0.15, 0.2) is 11.6 Å². The molecule has 0 saturated heterocycles. The third-order valence-electron chi connectivity index (χ3n) is 1.45. The quantitative estimate of drug-likeness (QED) is 0.704. The summed E-state index contributed by atoms with van der Waals surface area (Å²) >= 11 is 0. The Morgan fingerprint density at radius 1 is 1.13 bits per heavy atom. The van der Waals surface area contributed by atoms with E-state index in [1.807, 2.05) is 0 Å². The SMILES string of the molecule is Fc1cccc(C(F)F)c1OC(F)(F)F. The van der Waals surface area contributed by atoms with Gasteiger partial charge >= 0.3 is 6.36 Å². The summed E-state index contributed by atoms with van der Waals surface area (Å²) in [5.41, 5.74) is -1.13.